The number of hydrogen-bond acceptors (Lipinski definition) is 1. The Hall–Kier alpha value is -0.730. The van der Waals surface area contributed by atoms with Crippen LogP contribution in [0.3, 0.4) is 0 Å². The Kier molecular flexibility index (Phi) is 6.51. The van der Waals surface area contributed by atoms with Crippen LogP contribution < -0.4 is 5.32 Å². The van der Waals surface area contributed by atoms with Crippen LogP contribution in [0, 0.1) is 5.92 Å². The average Bonchev–Trinajstić information content (AvgIpc) is 2.27. The molecule has 4 heteroatoms. The molecule has 0 heterocycles. The molecule has 1 N–H and O–H groups in total. The summed E-state index contributed by atoms with van der Waals surface area (Å²) >= 11 is 11.7. The molecule has 1 aromatic rings. The summed E-state index contributed by atoms with van der Waals surface area (Å²) in [7, 11) is 0. The molecule has 18 heavy (non-hydrogen) atoms. The summed E-state index contributed by atoms with van der Waals surface area (Å²) in [5, 5.41) is 3.60. The molecule has 0 radical (unpaired) electrons. The lowest BCUT2D eigenvalue weighted by atomic mass is 10.0. The summed E-state index contributed by atoms with van der Waals surface area (Å²) in [6.45, 7) is 4.23. The van der Waals surface area contributed by atoms with Gasteiger partial charge in [0, 0.05) is 16.9 Å². The Balaban J connectivity index is 2.50. The smallest absolute Gasteiger partial charge is 0.224 e. The molecular weight excluding hydrogens is 269 g/mol. The van der Waals surface area contributed by atoms with Crippen LogP contribution in [0.15, 0.2) is 24.3 Å². The number of carbonyl (C=O) groups is 1. The van der Waals surface area contributed by atoms with Gasteiger partial charge < -0.3 is 5.32 Å². The summed E-state index contributed by atoms with van der Waals surface area (Å²) in [5.74, 6) is 0.947. The summed E-state index contributed by atoms with van der Waals surface area (Å²) in [6.07, 6.45) is 1.23. The average molecular weight is 288 g/mol. The van der Waals surface area contributed by atoms with Crippen molar-refractivity contribution in [2.45, 2.75) is 32.7 Å². The zero-order valence-electron chi connectivity index (χ0n) is 10.7. The van der Waals surface area contributed by atoms with Crippen LogP contribution in [0.1, 0.15) is 25.8 Å². The normalized spacial score (nSPS) is 12.5. The van der Waals surface area contributed by atoms with E-state index in [9.17, 15) is 4.79 Å². The van der Waals surface area contributed by atoms with Crippen molar-refractivity contribution >= 4 is 29.1 Å². The van der Waals surface area contributed by atoms with E-state index in [1.165, 1.54) is 0 Å². The van der Waals surface area contributed by atoms with Crippen molar-refractivity contribution in [2.24, 2.45) is 5.92 Å². The second-order valence-electron chi connectivity index (χ2n) is 4.85. The van der Waals surface area contributed by atoms with Crippen LogP contribution in [0.4, 0.5) is 0 Å². The fourth-order valence-electron chi connectivity index (χ4n) is 1.84. The SMILES string of the molecule is CC(C)CC(CCl)NC(=O)Cc1cccc(Cl)c1. The third-order valence-electron chi connectivity index (χ3n) is 2.56. The molecule has 2 nitrogen and oxygen atoms in total. The Morgan fingerprint density at radius 1 is 1.39 bits per heavy atom. The largest absolute Gasteiger partial charge is 0.352 e. The highest BCUT2D eigenvalue weighted by atomic mass is 35.5. The number of amides is 1. The van der Waals surface area contributed by atoms with Gasteiger partial charge in [0.25, 0.3) is 0 Å². The Labute approximate surface area is 119 Å². The fraction of sp³-hybridized carbons (Fsp3) is 0.500. The molecule has 0 aliphatic carbocycles. The number of alkyl halides is 1. The van der Waals surface area contributed by atoms with Gasteiger partial charge in [-0.1, -0.05) is 37.6 Å². The molecule has 0 aliphatic rings. The minimum absolute atomic E-state index is 0.0106. The predicted octanol–water partition coefficient (Wildman–Crippen LogP) is 3.65. The summed E-state index contributed by atoms with van der Waals surface area (Å²) in [5.41, 5.74) is 0.915. The monoisotopic (exact) mass is 287 g/mol. The summed E-state index contributed by atoms with van der Waals surface area (Å²) in [6, 6.07) is 7.38. The Morgan fingerprint density at radius 2 is 2.11 bits per heavy atom. The molecular formula is C14H19Cl2NO. The standard InChI is InChI=1S/C14H19Cl2NO/c1-10(2)6-13(9-15)17-14(18)8-11-4-3-5-12(16)7-11/h3-5,7,10,13H,6,8-9H2,1-2H3,(H,17,18). The third kappa shape index (κ3) is 5.74. The van der Waals surface area contributed by atoms with E-state index in [1.54, 1.807) is 12.1 Å². The minimum atomic E-state index is -0.0106. The number of nitrogens with one attached hydrogen (secondary N) is 1. The highest BCUT2D eigenvalue weighted by Crippen LogP contribution is 2.11. The van der Waals surface area contributed by atoms with Crippen molar-refractivity contribution in [1.29, 1.82) is 0 Å². The third-order valence-corrected chi connectivity index (χ3v) is 3.17. The second-order valence-corrected chi connectivity index (χ2v) is 5.60. The molecule has 100 valence electrons. The van der Waals surface area contributed by atoms with Crippen molar-refractivity contribution in [3.8, 4) is 0 Å². The molecule has 1 aromatic carbocycles. The highest BCUT2D eigenvalue weighted by molar-refractivity contribution is 6.30. The van der Waals surface area contributed by atoms with E-state index in [4.69, 9.17) is 23.2 Å². The molecule has 1 atom stereocenters. The number of halogens is 2. The maximum Gasteiger partial charge on any atom is 0.224 e. The maximum atomic E-state index is 11.9. The molecule has 0 saturated heterocycles. The zero-order valence-corrected chi connectivity index (χ0v) is 12.3. The number of hydrogen-bond donors (Lipinski definition) is 1. The Bertz CT molecular complexity index is 393. The second kappa shape index (κ2) is 7.65. The van der Waals surface area contributed by atoms with E-state index in [-0.39, 0.29) is 11.9 Å². The van der Waals surface area contributed by atoms with Gasteiger partial charge in [0.15, 0.2) is 0 Å². The quantitative estimate of drug-likeness (QED) is 0.795. The van der Waals surface area contributed by atoms with Crippen molar-refractivity contribution in [1.82, 2.24) is 5.32 Å². The first kappa shape index (κ1) is 15.3. The van der Waals surface area contributed by atoms with Gasteiger partial charge >= 0.3 is 0 Å². The molecule has 1 unspecified atom stereocenters. The molecule has 0 aliphatic heterocycles. The van der Waals surface area contributed by atoms with Gasteiger partial charge in [-0.3, -0.25) is 4.79 Å². The molecule has 0 saturated carbocycles. The molecule has 0 spiro atoms. The van der Waals surface area contributed by atoms with Gasteiger partial charge in [0.05, 0.1) is 6.42 Å². The predicted molar refractivity (Wildman–Crippen MR) is 77.3 cm³/mol. The van der Waals surface area contributed by atoms with E-state index in [0.29, 0.717) is 23.2 Å². The first-order chi connectivity index (χ1) is 8.51. The highest BCUT2D eigenvalue weighted by Gasteiger charge is 2.13. The van der Waals surface area contributed by atoms with Crippen molar-refractivity contribution in [3.63, 3.8) is 0 Å². The van der Waals surface area contributed by atoms with Gasteiger partial charge in [-0.15, -0.1) is 11.6 Å². The van der Waals surface area contributed by atoms with Crippen LogP contribution >= 0.6 is 23.2 Å². The fourth-order valence-corrected chi connectivity index (χ4v) is 2.26. The van der Waals surface area contributed by atoms with Crippen molar-refractivity contribution in [2.75, 3.05) is 5.88 Å². The molecule has 1 rings (SSSR count). The first-order valence-electron chi connectivity index (χ1n) is 6.11. The number of rotatable bonds is 6. The minimum Gasteiger partial charge on any atom is -0.352 e. The number of benzene rings is 1. The lowest BCUT2D eigenvalue weighted by Gasteiger charge is -2.18. The molecule has 1 amide bonds. The molecule has 0 aromatic heterocycles. The van der Waals surface area contributed by atoms with Crippen LogP contribution in [-0.4, -0.2) is 17.8 Å². The maximum absolute atomic E-state index is 11.9. The lowest BCUT2D eigenvalue weighted by Crippen LogP contribution is -2.38. The summed E-state index contributed by atoms with van der Waals surface area (Å²) in [4.78, 5) is 11.9. The topological polar surface area (TPSA) is 29.1 Å². The van der Waals surface area contributed by atoms with E-state index in [2.05, 4.69) is 19.2 Å². The van der Waals surface area contributed by atoms with Crippen LogP contribution in [0.5, 0.6) is 0 Å². The van der Waals surface area contributed by atoms with Gasteiger partial charge in [0.2, 0.25) is 5.91 Å². The van der Waals surface area contributed by atoms with Gasteiger partial charge in [-0.05, 0) is 30.0 Å². The zero-order chi connectivity index (χ0) is 13.5. The van der Waals surface area contributed by atoms with Crippen LogP contribution in [0.25, 0.3) is 0 Å². The van der Waals surface area contributed by atoms with Gasteiger partial charge in [-0.25, -0.2) is 0 Å². The Morgan fingerprint density at radius 3 is 2.67 bits per heavy atom. The van der Waals surface area contributed by atoms with Crippen LogP contribution in [-0.2, 0) is 11.2 Å². The van der Waals surface area contributed by atoms with Crippen LogP contribution in [0.2, 0.25) is 5.02 Å². The van der Waals surface area contributed by atoms with E-state index in [1.807, 2.05) is 12.1 Å². The van der Waals surface area contributed by atoms with E-state index < -0.39 is 0 Å². The van der Waals surface area contributed by atoms with Crippen molar-refractivity contribution < 1.29 is 4.79 Å². The lowest BCUT2D eigenvalue weighted by molar-refractivity contribution is -0.121. The number of carbonyl (C=O) groups excluding carboxylic acids is 1. The van der Waals surface area contributed by atoms with Gasteiger partial charge in [0.1, 0.15) is 0 Å². The van der Waals surface area contributed by atoms with E-state index in [0.717, 1.165) is 12.0 Å². The van der Waals surface area contributed by atoms with Crippen molar-refractivity contribution in [3.05, 3.63) is 34.9 Å². The summed E-state index contributed by atoms with van der Waals surface area (Å²) < 4.78 is 0. The first-order valence-corrected chi connectivity index (χ1v) is 7.02. The molecule has 0 fully saturated rings. The van der Waals surface area contributed by atoms with E-state index >= 15 is 0 Å². The molecule has 0 bridgehead atoms. The van der Waals surface area contributed by atoms with Gasteiger partial charge in [-0.2, -0.15) is 0 Å².